The molecule has 0 saturated carbocycles. The van der Waals surface area contributed by atoms with E-state index in [9.17, 15) is 28.1 Å². The van der Waals surface area contributed by atoms with E-state index in [0.717, 1.165) is 13.3 Å². The van der Waals surface area contributed by atoms with E-state index in [0.29, 0.717) is 6.07 Å². The number of aromatic nitrogens is 1. The number of esters is 1. The van der Waals surface area contributed by atoms with Crippen LogP contribution >= 0.6 is 0 Å². The van der Waals surface area contributed by atoms with Crippen LogP contribution in [0.3, 0.4) is 0 Å². The first-order valence-electron chi connectivity index (χ1n) is 4.08. The van der Waals surface area contributed by atoms with Gasteiger partial charge in [0.25, 0.3) is 0 Å². The average Bonchev–Trinajstić information content (AvgIpc) is 2.25. The maximum Gasteiger partial charge on any atom is 0.425 e. The van der Waals surface area contributed by atoms with Gasteiger partial charge in [0.15, 0.2) is 5.56 Å². The van der Waals surface area contributed by atoms with Gasteiger partial charge in [-0.15, -0.1) is 0 Å². The second kappa shape index (κ2) is 4.36. The number of nitrogens with zero attached hydrogens (tertiary/aromatic N) is 2. The van der Waals surface area contributed by atoms with E-state index >= 15 is 0 Å². The Bertz CT molecular complexity index is 472. The molecule has 1 aromatic rings. The molecule has 0 radical (unpaired) electrons. The Morgan fingerprint density at radius 1 is 1.53 bits per heavy atom. The fourth-order valence-corrected chi connectivity index (χ4v) is 1.15. The Morgan fingerprint density at radius 2 is 2.12 bits per heavy atom. The van der Waals surface area contributed by atoms with Crippen molar-refractivity contribution in [1.29, 1.82) is 0 Å². The molecule has 0 atom stereocenters. The summed E-state index contributed by atoms with van der Waals surface area (Å²) in [5.41, 5.74) is -2.65. The summed E-state index contributed by atoms with van der Waals surface area (Å²) in [6.45, 7) is 0. The molecule has 0 amide bonds. The van der Waals surface area contributed by atoms with Gasteiger partial charge in [0.05, 0.1) is 12.7 Å². The van der Waals surface area contributed by atoms with Gasteiger partial charge in [-0.2, -0.15) is 13.2 Å². The fraction of sp³-hybridized carbons (Fsp3) is 0.250. The second-order valence-electron chi connectivity index (χ2n) is 2.80. The van der Waals surface area contributed by atoms with Crippen molar-refractivity contribution in [2.45, 2.75) is 6.18 Å². The van der Waals surface area contributed by atoms with Gasteiger partial charge in [0.1, 0.15) is 6.20 Å². The van der Waals surface area contributed by atoms with Crippen LogP contribution in [-0.2, 0) is 10.9 Å². The molecule has 1 heterocycles. The lowest BCUT2D eigenvalue weighted by molar-refractivity contribution is -0.392. The molecule has 0 spiro atoms. The van der Waals surface area contributed by atoms with Gasteiger partial charge < -0.3 is 14.9 Å². The number of carbonyl (C=O) groups excluding carboxylic acids is 1. The van der Waals surface area contributed by atoms with E-state index in [1.807, 2.05) is 0 Å². The predicted octanol–water partition coefficient (Wildman–Crippen LogP) is 1.80. The summed E-state index contributed by atoms with van der Waals surface area (Å²) in [6.07, 6.45) is -4.33. The summed E-state index contributed by atoms with van der Waals surface area (Å²) in [5.74, 6) is -2.75. The van der Waals surface area contributed by atoms with E-state index in [2.05, 4.69) is 9.72 Å². The molecule has 0 aliphatic heterocycles. The number of rotatable bonds is 2. The summed E-state index contributed by atoms with van der Waals surface area (Å²) >= 11 is 0. The van der Waals surface area contributed by atoms with E-state index in [1.54, 1.807) is 0 Å². The number of nitro groups is 1. The molecule has 0 aliphatic carbocycles. The molecule has 9 heteroatoms. The summed E-state index contributed by atoms with van der Waals surface area (Å²) in [7, 11) is 0.870. The van der Waals surface area contributed by atoms with Crippen molar-refractivity contribution in [3.05, 3.63) is 33.5 Å². The van der Waals surface area contributed by atoms with Crippen LogP contribution in [-0.4, -0.2) is 23.0 Å². The Kier molecular flexibility index (Phi) is 3.30. The zero-order valence-electron chi connectivity index (χ0n) is 8.32. The highest BCUT2D eigenvalue weighted by Crippen LogP contribution is 2.37. The highest BCUT2D eigenvalue weighted by molar-refractivity contribution is 5.92. The van der Waals surface area contributed by atoms with Gasteiger partial charge in [-0.3, -0.25) is 0 Å². The predicted molar refractivity (Wildman–Crippen MR) is 47.2 cm³/mol. The van der Waals surface area contributed by atoms with Crippen LogP contribution < -0.4 is 0 Å². The molecule has 0 aromatic carbocycles. The molecule has 0 unspecified atom stereocenters. The minimum atomic E-state index is -5.07. The zero-order valence-corrected chi connectivity index (χ0v) is 8.32. The zero-order chi connectivity index (χ0) is 13.2. The van der Waals surface area contributed by atoms with Crippen molar-refractivity contribution < 1.29 is 27.6 Å². The number of methoxy groups -OCH3 is 1. The average molecular weight is 250 g/mol. The molecule has 1 aromatic heterocycles. The van der Waals surface area contributed by atoms with Crippen molar-refractivity contribution in [2.24, 2.45) is 0 Å². The van der Waals surface area contributed by atoms with E-state index < -0.39 is 34.0 Å². The highest BCUT2D eigenvalue weighted by atomic mass is 19.4. The normalized spacial score (nSPS) is 11.1. The van der Waals surface area contributed by atoms with Crippen molar-refractivity contribution in [3.63, 3.8) is 0 Å². The van der Waals surface area contributed by atoms with Crippen LogP contribution in [0.5, 0.6) is 0 Å². The Labute approximate surface area is 92.2 Å². The minimum Gasteiger partial charge on any atom is -0.465 e. The molecule has 6 nitrogen and oxygen atoms in total. The molecule has 17 heavy (non-hydrogen) atoms. The number of halogens is 3. The fourth-order valence-electron chi connectivity index (χ4n) is 1.15. The first-order valence-corrected chi connectivity index (χ1v) is 4.08. The number of hydrogen-bond donors (Lipinski definition) is 0. The lowest BCUT2D eigenvalue weighted by Crippen LogP contribution is -2.17. The van der Waals surface area contributed by atoms with Gasteiger partial charge in [0, 0.05) is 0 Å². The van der Waals surface area contributed by atoms with Crippen molar-refractivity contribution in [1.82, 2.24) is 4.98 Å². The largest absolute Gasteiger partial charge is 0.465 e. The highest BCUT2D eigenvalue weighted by Gasteiger charge is 2.43. The van der Waals surface area contributed by atoms with Crippen LogP contribution in [0.1, 0.15) is 15.9 Å². The molecule has 0 saturated heterocycles. The first kappa shape index (κ1) is 12.9. The minimum absolute atomic E-state index is 0.710. The van der Waals surface area contributed by atoms with Crippen LogP contribution in [0.15, 0.2) is 12.3 Å². The topological polar surface area (TPSA) is 82.3 Å². The third-order valence-corrected chi connectivity index (χ3v) is 1.79. The molecule has 0 bridgehead atoms. The van der Waals surface area contributed by atoms with Gasteiger partial charge in [-0.1, -0.05) is 0 Å². The van der Waals surface area contributed by atoms with Crippen LogP contribution in [0.4, 0.5) is 19.0 Å². The molecular formula is C8H5F3N2O4. The summed E-state index contributed by atoms with van der Waals surface area (Å²) in [6, 6.07) is 0.710. The van der Waals surface area contributed by atoms with Crippen LogP contribution in [0.2, 0.25) is 0 Å². The molecular weight excluding hydrogens is 245 g/mol. The maximum absolute atomic E-state index is 12.6. The van der Waals surface area contributed by atoms with Gasteiger partial charge in [-0.05, 0) is 16.0 Å². The first-order chi connectivity index (χ1) is 7.79. The number of hydrogen-bond acceptors (Lipinski definition) is 5. The summed E-state index contributed by atoms with van der Waals surface area (Å²) in [4.78, 5) is 23.2. The molecule has 0 fully saturated rings. The van der Waals surface area contributed by atoms with Crippen molar-refractivity contribution in [2.75, 3.05) is 7.11 Å². The molecule has 0 aliphatic rings. The molecule has 0 N–H and O–H groups in total. The monoisotopic (exact) mass is 250 g/mol. The third kappa shape index (κ3) is 2.49. The van der Waals surface area contributed by atoms with Gasteiger partial charge in [0.2, 0.25) is 0 Å². The smallest absolute Gasteiger partial charge is 0.425 e. The molecule has 92 valence electrons. The Balaban J connectivity index is 3.57. The van der Waals surface area contributed by atoms with Gasteiger partial charge in [-0.25, -0.2) is 4.79 Å². The van der Waals surface area contributed by atoms with Crippen molar-refractivity contribution in [3.8, 4) is 0 Å². The molecule has 1 rings (SSSR count). The Morgan fingerprint density at radius 3 is 2.53 bits per heavy atom. The number of carbonyl (C=O) groups is 1. The summed E-state index contributed by atoms with van der Waals surface area (Å²) in [5, 5.41) is 10.4. The van der Waals surface area contributed by atoms with Crippen LogP contribution in [0.25, 0.3) is 0 Å². The summed E-state index contributed by atoms with van der Waals surface area (Å²) < 4.78 is 42.0. The van der Waals surface area contributed by atoms with Gasteiger partial charge >= 0.3 is 18.0 Å². The lowest BCUT2D eigenvalue weighted by Gasteiger charge is -2.10. The third-order valence-electron chi connectivity index (χ3n) is 1.79. The number of alkyl halides is 3. The number of ether oxygens (including phenoxy) is 1. The standard InChI is InChI=1S/C8H5F3N2O4/c1-17-7(14)4-2-3-12-6(13(15)16)5(4)8(9,10)11/h2-3H,1H3. The van der Waals surface area contributed by atoms with E-state index in [4.69, 9.17) is 0 Å². The second-order valence-corrected chi connectivity index (χ2v) is 2.80. The van der Waals surface area contributed by atoms with E-state index in [-0.39, 0.29) is 0 Å². The lowest BCUT2D eigenvalue weighted by atomic mass is 10.1. The van der Waals surface area contributed by atoms with Crippen molar-refractivity contribution >= 4 is 11.8 Å². The quantitative estimate of drug-likeness (QED) is 0.454. The Hall–Kier alpha value is -2.19. The number of pyridine rings is 1. The maximum atomic E-state index is 12.6. The SMILES string of the molecule is COC(=O)c1ccnc([N+](=O)[O-])c1C(F)(F)F. The van der Waals surface area contributed by atoms with E-state index in [1.165, 1.54) is 0 Å². The van der Waals surface area contributed by atoms with Crippen LogP contribution in [0, 0.1) is 10.1 Å².